The van der Waals surface area contributed by atoms with Crippen molar-refractivity contribution >= 4 is 17.4 Å². The van der Waals surface area contributed by atoms with Crippen molar-refractivity contribution in [3.8, 4) is 5.88 Å². The van der Waals surface area contributed by atoms with Crippen molar-refractivity contribution in [3.63, 3.8) is 0 Å². The molecule has 0 aliphatic rings. The number of nitrogens with two attached hydrogens (primary N) is 1. The van der Waals surface area contributed by atoms with E-state index < -0.39 is 0 Å². The topological polar surface area (TPSA) is 81.3 Å². The lowest BCUT2D eigenvalue weighted by atomic mass is 10.5. The number of nitrogens with zero attached hydrogens (tertiary/aromatic N) is 2. The van der Waals surface area contributed by atoms with E-state index in [1.165, 1.54) is 25.2 Å². The number of hydrogen-bond donors (Lipinski definition) is 2. The van der Waals surface area contributed by atoms with E-state index >= 15 is 0 Å². The van der Waals surface area contributed by atoms with E-state index in [1.54, 1.807) is 0 Å². The van der Waals surface area contributed by atoms with Gasteiger partial charge in [-0.05, 0) is 0 Å². The van der Waals surface area contributed by atoms with Crippen LogP contribution >= 0.6 is 11.8 Å². The summed E-state index contributed by atoms with van der Waals surface area (Å²) in [4.78, 5) is 7.87. The van der Waals surface area contributed by atoms with Gasteiger partial charge in [-0.3, -0.25) is 0 Å². The van der Waals surface area contributed by atoms with E-state index in [1.807, 2.05) is 6.92 Å². The fourth-order valence-corrected chi connectivity index (χ4v) is 1.63. The van der Waals surface area contributed by atoms with Crippen LogP contribution in [0, 0.1) is 0 Å². The third-order valence-electron chi connectivity index (χ3n) is 1.57. The zero-order valence-corrected chi connectivity index (χ0v) is 8.91. The molecule has 1 rings (SSSR count). The molecule has 0 saturated heterocycles. The van der Waals surface area contributed by atoms with Crippen molar-refractivity contribution in [3.05, 3.63) is 6.33 Å². The van der Waals surface area contributed by atoms with E-state index in [4.69, 9.17) is 15.6 Å². The Morgan fingerprint density at radius 1 is 1.64 bits per heavy atom. The van der Waals surface area contributed by atoms with Crippen molar-refractivity contribution in [1.29, 1.82) is 0 Å². The quantitative estimate of drug-likeness (QED) is 0.563. The lowest BCUT2D eigenvalue weighted by Crippen LogP contribution is -2.05. The van der Waals surface area contributed by atoms with Gasteiger partial charge in [-0.1, -0.05) is 18.7 Å². The highest BCUT2D eigenvalue weighted by atomic mass is 32.2. The summed E-state index contributed by atoms with van der Waals surface area (Å²) in [6.07, 6.45) is 1.39. The average Bonchev–Trinajstić information content (AvgIpc) is 2.21. The number of methoxy groups -OCH3 is 1. The number of aliphatic hydroxyl groups is 1. The van der Waals surface area contributed by atoms with Crippen LogP contribution in [0.1, 0.15) is 6.92 Å². The van der Waals surface area contributed by atoms with E-state index in [0.29, 0.717) is 16.6 Å². The van der Waals surface area contributed by atoms with Crippen LogP contribution in [0.15, 0.2) is 11.4 Å². The molecule has 0 aliphatic carbocycles. The minimum absolute atomic E-state index is 0.0527. The van der Waals surface area contributed by atoms with Gasteiger partial charge in [0.05, 0.1) is 13.7 Å². The van der Waals surface area contributed by atoms with Gasteiger partial charge in [0.2, 0.25) is 5.88 Å². The van der Waals surface area contributed by atoms with Crippen LogP contribution in [-0.2, 0) is 0 Å². The van der Waals surface area contributed by atoms with Crippen LogP contribution in [0.4, 0.5) is 5.69 Å². The summed E-state index contributed by atoms with van der Waals surface area (Å²) in [5.74, 6) is 0.368. The van der Waals surface area contributed by atoms with Crippen molar-refractivity contribution in [2.75, 3.05) is 19.5 Å². The highest BCUT2D eigenvalue weighted by Crippen LogP contribution is 2.30. The lowest BCUT2D eigenvalue weighted by molar-refractivity contribution is 0.300. The van der Waals surface area contributed by atoms with Crippen molar-refractivity contribution in [2.45, 2.75) is 17.2 Å². The Kier molecular flexibility index (Phi) is 3.97. The fourth-order valence-electron chi connectivity index (χ4n) is 0.849. The molecule has 78 valence electrons. The normalized spacial score (nSPS) is 12.5. The first-order valence-corrected chi connectivity index (χ1v) is 4.99. The SMILES string of the molecule is COc1ncnc(SC(C)CO)c1N. The van der Waals surface area contributed by atoms with Crippen LogP contribution in [0.5, 0.6) is 5.88 Å². The molecule has 0 aliphatic heterocycles. The third kappa shape index (κ3) is 2.49. The molecule has 14 heavy (non-hydrogen) atoms. The van der Waals surface area contributed by atoms with Gasteiger partial charge in [-0.15, -0.1) is 0 Å². The molecular formula is C8H13N3O2S. The standard InChI is InChI=1S/C8H13N3O2S/c1-5(3-12)14-8-6(9)7(13-2)10-4-11-8/h4-5,12H,3,9H2,1-2H3. The summed E-state index contributed by atoms with van der Waals surface area (Å²) in [6.45, 7) is 1.97. The second-order valence-electron chi connectivity index (χ2n) is 2.71. The summed E-state index contributed by atoms with van der Waals surface area (Å²) in [6, 6.07) is 0. The van der Waals surface area contributed by atoms with Gasteiger partial charge in [0.15, 0.2) is 0 Å². The molecule has 0 amide bonds. The average molecular weight is 215 g/mol. The summed E-state index contributed by atoms with van der Waals surface area (Å²) >= 11 is 1.39. The minimum atomic E-state index is 0.0527. The molecule has 0 bridgehead atoms. The molecule has 1 heterocycles. The molecule has 5 nitrogen and oxygen atoms in total. The van der Waals surface area contributed by atoms with Gasteiger partial charge in [0.1, 0.15) is 17.0 Å². The predicted molar refractivity (Wildman–Crippen MR) is 55.4 cm³/mol. The summed E-state index contributed by atoms with van der Waals surface area (Å²) in [5, 5.41) is 9.57. The minimum Gasteiger partial charge on any atom is -0.479 e. The zero-order chi connectivity index (χ0) is 10.6. The van der Waals surface area contributed by atoms with E-state index in [9.17, 15) is 0 Å². The van der Waals surface area contributed by atoms with Crippen molar-refractivity contribution in [1.82, 2.24) is 9.97 Å². The Morgan fingerprint density at radius 3 is 2.93 bits per heavy atom. The second kappa shape index (κ2) is 5.02. The number of hydrogen-bond acceptors (Lipinski definition) is 6. The van der Waals surface area contributed by atoms with Gasteiger partial charge in [-0.25, -0.2) is 4.98 Å². The molecule has 1 atom stereocenters. The number of anilines is 1. The van der Waals surface area contributed by atoms with Crippen LogP contribution in [0.25, 0.3) is 0 Å². The Hall–Kier alpha value is -1.01. The van der Waals surface area contributed by atoms with Crippen molar-refractivity contribution < 1.29 is 9.84 Å². The summed E-state index contributed by atoms with van der Waals surface area (Å²) in [7, 11) is 1.50. The molecular weight excluding hydrogens is 202 g/mol. The maximum absolute atomic E-state index is 8.88. The number of aromatic nitrogens is 2. The van der Waals surface area contributed by atoms with Crippen LogP contribution in [-0.4, -0.2) is 34.0 Å². The largest absolute Gasteiger partial charge is 0.479 e. The number of rotatable bonds is 4. The maximum atomic E-state index is 8.88. The first-order valence-electron chi connectivity index (χ1n) is 4.11. The van der Waals surface area contributed by atoms with Crippen LogP contribution < -0.4 is 10.5 Å². The Bertz CT molecular complexity index is 309. The molecule has 1 unspecified atom stereocenters. The molecule has 1 aromatic heterocycles. The van der Waals surface area contributed by atoms with E-state index in [-0.39, 0.29) is 11.9 Å². The molecule has 1 aromatic rings. The molecule has 0 radical (unpaired) electrons. The smallest absolute Gasteiger partial charge is 0.241 e. The monoisotopic (exact) mass is 215 g/mol. The van der Waals surface area contributed by atoms with Crippen LogP contribution in [0.3, 0.4) is 0 Å². The Labute approximate surface area is 86.7 Å². The summed E-state index contributed by atoms with van der Waals surface area (Å²) < 4.78 is 4.95. The molecule has 0 fully saturated rings. The van der Waals surface area contributed by atoms with Crippen molar-refractivity contribution in [2.24, 2.45) is 0 Å². The highest BCUT2D eigenvalue weighted by Gasteiger charge is 2.11. The Morgan fingerprint density at radius 2 is 2.36 bits per heavy atom. The number of thioether (sulfide) groups is 1. The van der Waals surface area contributed by atoms with Gasteiger partial charge in [0.25, 0.3) is 0 Å². The summed E-state index contributed by atoms with van der Waals surface area (Å²) in [5.41, 5.74) is 6.16. The molecule has 0 aromatic carbocycles. The lowest BCUT2D eigenvalue weighted by Gasteiger charge is -2.10. The van der Waals surface area contributed by atoms with Crippen LogP contribution in [0.2, 0.25) is 0 Å². The van der Waals surface area contributed by atoms with Gasteiger partial charge in [0, 0.05) is 5.25 Å². The number of nitrogen functional groups attached to an aromatic ring is 1. The highest BCUT2D eigenvalue weighted by molar-refractivity contribution is 8.00. The second-order valence-corrected chi connectivity index (χ2v) is 4.14. The first kappa shape index (κ1) is 11.1. The van der Waals surface area contributed by atoms with E-state index in [0.717, 1.165) is 0 Å². The molecule has 6 heteroatoms. The van der Waals surface area contributed by atoms with Gasteiger partial charge >= 0.3 is 0 Å². The molecule has 3 N–H and O–H groups in total. The Balaban J connectivity index is 2.86. The van der Waals surface area contributed by atoms with Gasteiger partial charge in [-0.2, -0.15) is 4.98 Å². The van der Waals surface area contributed by atoms with E-state index in [2.05, 4.69) is 9.97 Å². The zero-order valence-electron chi connectivity index (χ0n) is 8.10. The predicted octanol–water partition coefficient (Wildman–Crippen LogP) is 0.540. The van der Waals surface area contributed by atoms with Gasteiger partial charge < -0.3 is 15.6 Å². The maximum Gasteiger partial charge on any atom is 0.241 e. The third-order valence-corrected chi connectivity index (χ3v) is 2.67. The molecule has 0 saturated carbocycles. The first-order chi connectivity index (χ1) is 6.69. The molecule has 0 spiro atoms. The fraction of sp³-hybridized carbons (Fsp3) is 0.500. The number of ether oxygens (including phenoxy) is 1. The number of aliphatic hydroxyl groups excluding tert-OH is 1.